The normalized spacial score (nSPS) is 12.3. The molecule has 0 fully saturated rings. The van der Waals surface area contributed by atoms with Crippen LogP contribution in [0.15, 0.2) is 22.7 Å². The van der Waals surface area contributed by atoms with Crippen LogP contribution in [0.5, 0.6) is 5.75 Å². The summed E-state index contributed by atoms with van der Waals surface area (Å²) in [6.45, 7) is -0.130. The first kappa shape index (κ1) is 16.1. The quantitative estimate of drug-likeness (QED) is 0.839. The molecule has 0 aromatic heterocycles. The van der Waals surface area contributed by atoms with Crippen molar-refractivity contribution in [2.75, 3.05) is 17.6 Å². The number of sulfonamides is 1. The Balaban J connectivity index is 2.82. The lowest BCUT2D eigenvalue weighted by Gasteiger charge is -2.14. The van der Waals surface area contributed by atoms with Crippen molar-refractivity contribution in [1.82, 2.24) is 0 Å². The Morgan fingerprint density at radius 1 is 1.37 bits per heavy atom. The Bertz CT molecular complexity index is 548. The van der Waals surface area contributed by atoms with Gasteiger partial charge in [0.05, 0.1) is 11.4 Å². The van der Waals surface area contributed by atoms with E-state index in [-0.39, 0.29) is 12.2 Å². The van der Waals surface area contributed by atoms with E-state index in [1.165, 1.54) is 12.1 Å². The van der Waals surface area contributed by atoms with Gasteiger partial charge in [-0.1, -0.05) is 15.9 Å². The summed E-state index contributed by atoms with van der Waals surface area (Å²) in [5.74, 6) is -0.870. The molecule has 5 nitrogen and oxygen atoms in total. The van der Waals surface area contributed by atoms with Crippen molar-refractivity contribution in [3.63, 3.8) is 0 Å². The lowest BCUT2D eigenvalue weighted by molar-refractivity contribution is -0.274. The van der Waals surface area contributed by atoms with Crippen molar-refractivity contribution < 1.29 is 26.3 Å². The van der Waals surface area contributed by atoms with E-state index >= 15 is 0 Å². The van der Waals surface area contributed by atoms with E-state index in [9.17, 15) is 21.6 Å². The fourth-order valence-corrected chi connectivity index (χ4v) is 1.91. The Morgan fingerprint density at radius 3 is 2.53 bits per heavy atom. The molecule has 108 valence electrons. The first-order valence-corrected chi connectivity index (χ1v) is 7.37. The predicted octanol–water partition coefficient (Wildman–Crippen LogP) is 2.05. The molecule has 0 radical (unpaired) electrons. The number of hydrogen-bond acceptors (Lipinski definition) is 4. The summed E-state index contributed by atoms with van der Waals surface area (Å²) in [5.41, 5.74) is 0.0178. The number of anilines is 1. The molecule has 1 aromatic rings. The van der Waals surface area contributed by atoms with Gasteiger partial charge in [0.2, 0.25) is 10.0 Å². The molecule has 0 saturated heterocycles. The second-order valence-corrected chi connectivity index (χ2v) is 6.13. The van der Waals surface area contributed by atoms with E-state index < -0.39 is 27.9 Å². The maximum absolute atomic E-state index is 12.2. The summed E-state index contributed by atoms with van der Waals surface area (Å²) < 4.78 is 62.2. The highest BCUT2D eigenvalue weighted by Crippen LogP contribution is 2.32. The van der Waals surface area contributed by atoms with Crippen LogP contribution in [-0.4, -0.2) is 27.1 Å². The first-order valence-electron chi connectivity index (χ1n) is 4.86. The van der Waals surface area contributed by atoms with Gasteiger partial charge in [-0.2, -0.15) is 0 Å². The molecule has 0 spiro atoms. The summed E-state index contributed by atoms with van der Waals surface area (Å²) in [7, 11) is -3.69. The average Bonchev–Trinajstić information content (AvgIpc) is 2.17. The van der Waals surface area contributed by atoms with E-state index in [4.69, 9.17) is 5.14 Å². The summed E-state index contributed by atoms with van der Waals surface area (Å²) >= 11 is 3.01. The van der Waals surface area contributed by atoms with E-state index in [0.717, 1.165) is 6.07 Å². The third kappa shape index (κ3) is 6.64. The van der Waals surface area contributed by atoms with Crippen LogP contribution in [0.4, 0.5) is 18.9 Å². The van der Waals surface area contributed by atoms with Gasteiger partial charge in [-0.15, -0.1) is 13.2 Å². The van der Waals surface area contributed by atoms with Crippen LogP contribution in [0, 0.1) is 0 Å². The van der Waals surface area contributed by atoms with Gasteiger partial charge >= 0.3 is 6.36 Å². The van der Waals surface area contributed by atoms with Crippen LogP contribution in [0.2, 0.25) is 0 Å². The van der Waals surface area contributed by atoms with Crippen molar-refractivity contribution in [3.8, 4) is 5.75 Å². The van der Waals surface area contributed by atoms with Crippen LogP contribution >= 0.6 is 15.9 Å². The zero-order valence-electron chi connectivity index (χ0n) is 9.37. The van der Waals surface area contributed by atoms with Crippen molar-refractivity contribution in [2.45, 2.75) is 6.36 Å². The molecule has 0 aliphatic heterocycles. The number of nitrogens with one attached hydrogen (secondary N) is 1. The summed E-state index contributed by atoms with van der Waals surface area (Å²) in [5, 5.41) is 7.29. The summed E-state index contributed by atoms with van der Waals surface area (Å²) in [4.78, 5) is 0. The highest BCUT2D eigenvalue weighted by atomic mass is 79.9. The van der Waals surface area contributed by atoms with Crippen LogP contribution in [0.25, 0.3) is 0 Å². The smallest absolute Gasteiger partial charge is 0.404 e. The molecule has 0 amide bonds. The molecule has 0 aliphatic rings. The van der Waals surface area contributed by atoms with Gasteiger partial charge in [0.25, 0.3) is 0 Å². The lowest BCUT2D eigenvalue weighted by atomic mass is 10.3. The average molecular weight is 363 g/mol. The zero-order chi connectivity index (χ0) is 14.7. The van der Waals surface area contributed by atoms with Crippen LogP contribution in [0.1, 0.15) is 0 Å². The van der Waals surface area contributed by atoms with Crippen molar-refractivity contribution in [3.05, 3.63) is 22.7 Å². The first-order chi connectivity index (χ1) is 8.57. The van der Waals surface area contributed by atoms with E-state index in [1.54, 1.807) is 0 Å². The molecular formula is C9H10BrF3N2O3S. The van der Waals surface area contributed by atoms with E-state index in [2.05, 4.69) is 26.0 Å². The maximum Gasteiger partial charge on any atom is 0.573 e. The number of halogens is 4. The topological polar surface area (TPSA) is 81.4 Å². The lowest BCUT2D eigenvalue weighted by Crippen LogP contribution is -2.23. The Morgan fingerprint density at radius 2 is 2.00 bits per heavy atom. The van der Waals surface area contributed by atoms with Crippen molar-refractivity contribution >= 4 is 31.6 Å². The molecule has 10 heteroatoms. The third-order valence-electron chi connectivity index (χ3n) is 1.87. The molecule has 3 N–H and O–H groups in total. The fraction of sp³-hybridized carbons (Fsp3) is 0.333. The number of rotatable bonds is 5. The molecule has 19 heavy (non-hydrogen) atoms. The third-order valence-corrected chi connectivity index (χ3v) is 3.14. The van der Waals surface area contributed by atoms with Crippen molar-refractivity contribution in [2.24, 2.45) is 5.14 Å². The number of ether oxygens (including phenoxy) is 1. The van der Waals surface area contributed by atoms with Crippen LogP contribution in [0.3, 0.4) is 0 Å². The minimum Gasteiger partial charge on any atom is -0.404 e. The molecule has 0 heterocycles. The second kappa shape index (κ2) is 5.97. The van der Waals surface area contributed by atoms with Crippen LogP contribution in [-0.2, 0) is 10.0 Å². The number of nitrogens with two attached hydrogens (primary N) is 1. The minimum atomic E-state index is -4.84. The molecule has 1 rings (SSSR count). The number of hydrogen-bond donors (Lipinski definition) is 2. The highest BCUT2D eigenvalue weighted by Gasteiger charge is 2.32. The molecule has 0 saturated carbocycles. The molecule has 0 atom stereocenters. The maximum atomic E-state index is 12.2. The van der Waals surface area contributed by atoms with Gasteiger partial charge in [0.1, 0.15) is 0 Å². The van der Waals surface area contributed by atoms with Gasteiger partial charge in [0.15, 0.2) is 5.75 Å². The SMILES string of the molecule is NS(=O)(=O)CCNc1ccc(Br)cc1OC(F)(F)F. The standard InChI is InChI=1S/C9H10BrF3N2O3S/c10-6-1-2-7(15-3-4-19(14,16)17)8(5-6)18-9(11,12)13/h1-2,5,15H,3-4H2,(H2,14,16,17). The summed E-state index contributed by atoms with van der Waals surface area (Å²) in [6.07, 6.45) is -4.84. The summed E-state index contributed by atoms with van der Waals surface area (Å²) in [6, 6.07) is 3.93. The van der Waals surface area contributed by atoms with E-state index in [1.807, 2.05) is 0 Å². The van der Waals surface area contributed by atoms with E-state index in [0.29, 0.717) is 4.47 Å². The monoisotopic (exact) mass is 362 g/mol. The van der Waals surface area contributed by atoms with Gasteiger partial charge in [-0.3, -0.25) is 0 Å². The number of primary sulfonamides is 1. The van der Waals surface area contributed by atoms with Gasteiger partial charge in [-0.05, 0) is 18.2 Å². The second-order valence-electron chi connectivity index (χ2n) is 3.48. The number of alkyl halides is 3. The largest absolute Gasteiger partial charge is 0.573 e. The molecule has 0 bridgehead atoms. The Labute approximate surface area is 116 Å². The van der Waals surface area contributed by atoms with Crippen LogP contribution < -0.4 is 15.2 Å². The fourth-order valence-electron chi connectivity index (χ4n) is 1.18. The minimum absolute atomic E-state index is 0.0178. The van der Waals surface area contributed by atoms with Crippen molar-refractivity contribution in [1.29, 1.82) is 0 Å². The zero-order valence-corrected chi connectivity index (χ0v) is 11.8. The Hall–Kier alpha value is -1.00. The molecule has 1 aromatic carbocycles. The number of benzene rings is 1. The van der Waals surface area contributed by atoms with Gasteiger partial charge < -0.3 is 10.1 Å². The van der Waals surface area contributed by atoms with Gasteiger partial charge in [-0.25, -0.2) is 13.6 Å². The molecule has 0 aliphatic carbocycles. The highest BCUT2D eigenvalue weighted by molar-refractivity contribution is 9.10. The molecular weight excluding hydrogens is 353 g/mol. The predicted molar refractivity (Wildman–Crippen MR) is 67.3 cm³/mol. The Kier molecular flexibility index (Phi) is 5.04. The molecule has 0 unspecified atom stereocenters. The van der Waals surface area contributed by atoms with Gasteiger partial charge in [0, 0.05) is 11.0 Å².